The number of para-hydroxylation sites is 3. The maximum atomic E-state index is 13.7. The van der Waals surface area contributed by atoms with E-state index in [1.807, 2.05) is 61.2 Å². The lowest BCUT2D eigenvalue weighted by atomic mass is 10.1. The van der Waals surface area contributed by atoms with Crippen molar-refractivity contribution in [3.63, 3.8) is 0 Å². The Labute approximate surface area is 196 Å². The zero-order valence-electron chi connectivity index (χ0n) is 20.2. The van der Waals surface area contributed by atoms with Gasteiger partial charge in [0.25, 0.3) is 5.56 Å². The number of unbranched alkanes of at least 4 members (excludes halogenated alkanes) is 3. The molecule has 1 unspecified atom stereocenters. The number of amides is 1. The highest BCUT2D eigenvalue weighted by Crippen LogP contribution is 2.29. The Morgan fingerprint density at radius 3 is 2.45 bits per heavy atom. The van der Waals surface area contributed by atoms with E-state index < -0.39 is 0 Å². The van der Waals surface area contributed by atoms with E-state index in [1.54, 1.807) is 17.7 Å². The largest absolute Gasteiger partial charge is 0.495 e. The number of fused-ring (bicyclic) bond motifs is 1. The van der Waals surface area contributed by atoms with Crippen LogP contribution in [0.1, 0.15) is 71.2 Å². The van der Waals surface area contributed by atoms with Crippen LogP contribution in [0.25, 0.3) is 16.6 Å². The molecule has 0 N–H and O–H groups in total. The molecule has 0 bridgehead atoms. The molecule has 33 heavy (non-hydrogen) atoms. The summed E-state index contributed by atoms with van der Waals surface area (Å²) in [4.78, 5) is 33.7. The summed E-state index contributed by atoms with van der Waals surface area (Å²) < 4.78 is 7.20. The Bertz CT molecular complexity index is 1140. The van der Waals surface area contributed by atoms with Gasteiger partial charge in [0.2, 0.25) is 5.91 Å². The molecule has 1 aromatic heterocycles. The lowest BCUT2D eigenvalue weighted by Gasteiger charge is -2.32. The normalized spacial score (nSPS) is 12.0. The van der Waals surface area contributed by atoms with Gasteiger partial charge < -0.3 is 9.64 Å². The van der Waals surface area contributed by atoms with E-state index in [2.05, 4.69) is 6.92 Å². The van der Waals surface area contributed by atoms with Crippen molar-refractivity contribution in [3.8, 4) is 11.4 Å². The van der Waals surface area contributed by atoms with Gasteiger partial charge in [-0.25, -0.2) is 4.98 Å². The molecule has 1 heterocycles. The van der Waals surface area contributed by atoms with E-state index >= 15 is 0 Å². The first-order chi connectivity index (χ1) is 16.1. The van der Waals surface area contributed by atoms with E-state index in [1.165, 1.54) is 0 Å². The van der Waals surface area contributed by atoms with Crippen LogP contribution in [-0.4, -0.2) is 34.0 Å². The smallest absolute Gasteiger partial charge is 0.266 e. The van der Waals surface area contributed by atoms with Crippen LogP contribution < -0.4 is 10.3 Å². The van der Waals surface area contributed by atoms with Crippen LogP contribution in [0, 0.1) is 0 Å². The Hall–Kier alpha value is -3.15. The summed E-state index contributed by atoms with van der Waals surface area (Å²) in [5.41, 5.74) is 1.10. The Morgan fingerprint density at radius 1 is 1.03 bits per heavy atom. The van der Waals surface area contributed by atoms with Gasteiger partial charge in [0.1, 0.15) is 11.6 Å². The van der Waals surface area contributed by atoms with Crippen molar-refractivity contribution in [2.45, 2.75) is 65.3 Å². The fourth-order valence-electron chi connectivity index (χ4n) is 4.38. The molecule has 3 rings (SSSR count). The number of hydrogen-bond donors (Lipinski definition) is 0. The molecule has 0 spiro atoms. The highest BCUT2D eigenvalue weighted by atomic mass is 16.5. The molecular formula is C27H35N3O3. The number of nitrogens with zero attached hydrogens (tertiary/aromatic N) is 3. The number of carbonyl (C=O) groups is 1. The van der Waals surface area contributed by atoms with E-state index in [-0.39, 0.29) is 17.5 Å². The monoisotopic (exact) mass is 449 g/mol. The van der Waals surface area contributed by atoms with Crippen molar-refractivity contribution < 1.29 is 9.53 Å². The van der Waals surface area contributed by atoms with Crippen LogP contribution in [0.2, 0.25) is 0 Å². The second-order valence-corrected chi connectivity index (χ2v) is 8.21. The van der Waals surface area contributed by atoms with E-state index in [4.69, 9.17) is 9.72 Å². The molecule has 0 radical (unpaired) electrons. The summed E-state index contributed by atoms with van der Waals surface area (Å²) in [7, 11) is 1.59. The molecule has 0 aliphatic heterocycles. The van der Waals surface area contributed by atoms with Crippen molar-refractivity contribution in [2.75, 3.05) is 13.7 Å². The standard InChI is InChI=1S/C27H35N3O3/c1-5-8-9-10-19-25(31)29(7-3)22(6-2)26-28-21-16-12-11-15-20(21)27(32)30(26)23-17-13-14-18-24(23)33-4/h11-18,22H,5-10,19H2,1-4H3. The third-order valence-electron chi connectivity index (χ3n) is 6.09. The van der Waals surface area contributed by atoms with Crippen molar-refractivity contribution >= 4 is 16.8 Å². The third-order valence-corrected chi connectivity index (χ3v) is 6.09. The molecule has 0 saturated carbocycles. The zero-order chi connectivity index (χ0) is 23.8. The first-order valence-electron chi connectivity index (χ1n) is 12.0. The number of aromatic nitrogens is 2. The average Bonchev–Trinajstić information content (AvgIpc) is 2.85. The molecule has 0 fully saturated rings. The lowest BCUT2D eigenvalue weighted by molar-refractivity contribution is -0.133. The summed E-state index contributed by atoms with van der Waals surface area (Å²) in [6.07, 6.45) is 5.36. The van der Waals surface area contributed by atoms with Gasteiger partial charge >= 0.3 is 0 Å². The maximum absolute atomic E-state index is 13.7. The van der Waals surface area contributed by atoms with Gasteiger partial charge in [-0.15, -0.1) is 0 Å². The third kappa shape index (κ3) is 5.27. The average molecular weight is 450 g/mol. The quantitative estimate of drug-likeness (QED) is 0.354. The molecule has 6 nitrogen and oxygen atoms in total. The molecule has 3 aromatic rings. The van der Waals surface area contributed by atoms with Gasteiger partial charge in [-0.05, 0) is 44.0 Å². The summed E-state index contributed by atoms with van der Waals surface area (Å²) in [5.74, 6) is 1.26. The minimum Gasteiger partial charge on any atom is -0.495 e. The van der Waals surface area contributed by atoms with Crippen molar-refractivity contribution in [2.24, 2.45) is 0 Å². The van der Waals surface area contributed by atoms with Crippen LogP contribution in [0.15, 0.2) is 53.3 Å². The van der Waals surface area contributed by atoms with Crippen LogP contribution in [0.5, 0.6) is 5.75 Å². The first kappa shape index (κ1) is 24.5. The predicted molar refractivity (Wildman–Crippen MR) is 133 cm³/mol. The van der Waals surface area contributed by atoms with Gasteiger partial charge in [0, 0.05) is 13.0 Å². The second kappa shape index (κ2) is 11.6. The minimum absolute atomic E-state index is 0.106. The molecule has 176 valence electrons. The van der Waals surface area contributed by atoms with Gasteiger partial charge in [-0.3, -0.25) is 14.2 Å². The van der Waals surface area contributed by atoms with Crippen molar-refractivity contribution in [3.05, 3.63) is 64.7 Å². The maximum Gasteiger partial charge on any atom is 0.266 e. The first-order valence-corrected chi connectivity index (χ1v) is 12.0. The van der Waals surface area contributed by atoms with Gasteiger partial charge in [-0.2, -0.15) is 0 Å². The summed E-state index contributed by atoms with van der Waals surface area (Å²) in [6, 6.07) is 14.5. The fraction of sp³-hybridized carbons (Fsp3) is 0.444. The predicted octanol–water partition coefficient (Wildman–Crippen LogP) is 5.66. The lowest BCUT2D eigenvalue weighted by Crippen LogP contribution is -2.38. The summed E-state index contributed by atoms with van der Waals surface area (Å²) >= 11 is 0. The van der Waals surface area contributed by atoms with Gasteiger partial charge in [0.15, 0.2) is 0 Å². The Balaban J connectivity index is 2.16. The molecule has 2 aromatic carbocycles. The molecular weight excluding hydrogens is 414 g/mol. The van der Waals surface area contributed by atoms with Crippen molar-refractivity contribution in [1.29, 1.82) is 0 Å². The van der Waals surface area contributed by atoms with E-state index in [9.17, 15) is 9.59 Å². The van der Waals surface area contributed by atoms with E-state index in [0.29, 0.717) is 47.6 Å². The molecule has 1 amide bonds. The second-order valence-electron chi connectivity index (χ2n) is 8.21. The summed E-state index contributed by atoms with van der Waals surface area (Å²) in [5, 5.41) is 0.538. The molecule has 0 aliphatic carbocycles. The van der Waals surface area contributed by atoms with Crippen LogP contribution in [0.3, 0.4) is 0 Å². The Morgan fingerprint density at radius 2 is 1.76 bits per heavy atom. The zero-order valence-corrected chi connectivity index (χ0v) is 20.2. The number of benzene rings is 2. The van der Waals surface area contributed by atoms with Crippen molar-refractivity contribution in [1.82, 2.24) is 14.5 Å². The summed E-state index contributed by atoms with van der Waals surface area (Å²) in [6.45, 7) is 6.74. The number of methoxy groups -OCH3 is 1. The topological polar surface area (TPSA) is 64.4 Å². The number of ether oxygens (including phenoxy) is 1. The minimum atomic E-state index is -0.323. The van der Waals surface area contributed by atoms with E-state index in [0.717, 1.165) is 25.7 Å². The SMILES string of the molecule is CCCCCCC(=O)N(CC)C(CC)c1nc2ccccc2c(=O)n1-c1ccccc1OC. The highest BCUT2D eigenvalue weighted by Gasteiger charge is 2.28. The van der Waals surface area contributed by atoms with Gasteiger partial charge in [0.05, 0.1) is 29.7 Å². The highest BCUT2D eigenvalue weighted by molar-refractivity contribution is 5.79. The molecule has 6 heteroatoms. The Kier molecular flexibility index (Phi) is 8.64. The molecule has 1 atom stereocenters. The van der Waals surface area contributed by atoms with Gasteiger partial charge in [-0.1, -0.05) is 57.4 Å². The number of carbonyl (C=O) groups excluding carboxylic acids is 1. The van der Waals surface area contributed by atoms with Crippen LogP contribution in [0.4, 0.5) is 0 Å². The number of hydrogen-bond acceptors (Lipinski definition) is 4. The fourth-order valence-corrected chi connectivity index (χ4v) is 4.38. The van der Waals surface area contributed by atoms with Crippen LogP contribution >= 0.6 is 0 Å². The molecule has 0 aliphatic rings. The number of rotatable bonds is 11. The molecule has 0 saturated heterocycles. The van der Waals surface area contributed by atoms with Crippen LogP contribution in [-0.2, 0) is 4.79 Å².